The number of para-hydroxylation sites is 1. The molecule has 0 saturated heterocycles. The summed E-state index contributed by atoms with van der Waals surface area (Å²) < 4.78 is 10.1. The lowest BCUT2D eigenvalue weighted by molar-refractivity contribution is 0.0688. The molecule has 0 aromatic heterocycles. The van der Waals surface area contributed by atoms with Crippen LogP contribution < -0.4 is 11.1 Å². The van der Waals surface area contributed by atoms with Crippen molar-refractivity contribution < 1.29 is 19.4 Å². The number of phenols is 1. The van der Waals surface area contributed by atoms with E-state index in [2.05, 4.69) is 5.32 Å². The first-order chi connectivity index (χ1) is 9.16. The monoisotopic (exact) mass is 268 g/mol. The first-order valence-corrected chi connectivity index (χ1v) is 6.09. The summed E-state index contributed by atoms with van der Waals surface area (Å²) in [7, 11) is 1.61. The minimum absolute atomic E-state index is 0.181. The number of phenolic OH excluding ortho intramolecular Hbond substituents is 1. The van der Waals surface area contributed by atoms with Crippen LogP contribution in [0.2, 0.25) is 0 Å². The molecule has 0 saturated carbocycles. The van der Waals surface area contributed by atoms with E-state index in [1.54, 1.807) is 13.2 Å². The Bertz CT molecular complexity index is 410. The number of nitrogens with two attached hydrogens (primary N) is 1. The summed E-state index contributed by atoms with van der Waals surface area (Å²) in [6, 6.07) is 4.68. The van der Waals surface area contributed by atoms with Crippen molar-refractivity contribution in [3.8, 4) is 5.75 Å². The Morgan fingerprint density at radius 2 is 2.16 bits per heavy atom. The third-order valence-corrected chi connectivity index (χ3v) is 2.49. The van der Waals surface area contributed by atoms with Gasteiger partial charge in [-0.15, -0.1) is 0 Å². The average molecular weight is 268 g/mol. The van der Waals surface area contributed by atoms with Crippen LogP contribution in [0.25, 0.3) is 0 Å². The summed E-state index contributed by atoms with van der Waals surface area (Å²) in [4.78, 5) is 11.8. The van der Waals surface area contributed by atoms with E-state index in [9.17, 15) is 9.90 Å². The maximum atomic E-state index is 11.8. The number of anilines is 1. The van der Waals surface area contributed by atoms with Gasteiger partial charge in [-0.3, -0.25) is 4.79 Å². The fraction of sp³-hybridized carbons (Fsp3) is 0.462. The zero-order valence-corrected chi connectivity index (χ0v) is 11.0. The van der Waals surface area contributed by atoms with Crippen LogP contribution in [0, 0.1) is 0 Å². The van der Waals surface area contributed by atoms with Gasteiger partial charge in [-0.2, -0.15) is 0 Å². The molecule has 4 N–H and O–H groups in total. The van der Waals surface area contributed by atoms with Crippen LogP contribution in [0.15, 0.2) is 18.2 Å². The van der Waals surface area contributed by atoms with Crippen LogP contribution in [-0.4, -0.2) is 44.5 Å². The molecular formula is C13H20N2O4. The van der Waals surface area contributed by atoms with Crippen molar-refractivity contribution >= 4 is 11.6 Å². The minimum atomic E-state index is -0.346. The fourth-order valence-corrected chi connectivity index (χ4v) is 1.46. The van der Waals surface area contributed by atoms with Crippen molar-refractivity contribution in [3.05, 3.63) is 23.8 Å². The van der Waals surface area contributed by atoms with E-state index >= 15 is 0 Å². The molecule has 0 bridgehead atoms. The molecule has 1 amide bonds. The number of hydrogen-bond donors (Lipinski definition) is 3. The third kappa shape index (κ3) is 5.15. The summed E-state index contributed by atoms with van der Waals surface area (Å²) in [5, 5.41) is 12.3. The molecule has 1 aromatic rings. The van der Waals surface area contributed by atoms with Crippen LogP contribution in [0.1, 0.15) is 16.8 Å². The maximum Gasteiger partial charge on any atom is 0.255 e. The lowest BCUT2D eigenvalue weighted by Crippen LogP contribution is -2.25. The highest BCUT2D eigenvalue weighted by Crippen LogP contribution is 2.23. The summed E-state index contributed by atoms with van der Waals surface area (Å²) >= 11 is 0. The second-order valence-electron chi connectivity index (χ2n) is 3.96. The van der Waals surface area contributed by atoms with Gasteiger partial charge >= 0.3 is 0 Å². The fourth-order valence-electron chi connectivity index (χ4n) is 1.46. The highest BCUT2D eigenvalue weighted by atomic mass is 16.5. The summed E-state index contributed by atoms with van der Waals surface area (Å²) in [6.07, 6.45) is 0.693. The van der Waals surface area contributed by atoms with Crippen molar-refractivity contribution in [1.82, 2.24) is 5.32 Å². The average Bonchev–Trinajstić information content (AvgIpc) is 2.40. The number of amides is 1. The van der Waals surface area contributed by atoms with Gasteiger partial charge < -0.3 is 25.6 Å². The number of carbonyl (C=O) groups is 1. The van der Waals surface area contributed by atoms with E-state index in [4.69, 9.17) is 15.2 Å². The van der Waals surface area contributed by atoms with Gasteiger partial charge in [-0.1, -0.05) is 6.07 Å². The topological polar surface area (TPSA) is 93.8 Å². The van der Waals surface area contributed by atoms with Crippen LogP contribution >= 0.6 is 0 Å². The van der Waals surface area contributed by atoms with Crippen molar-refractivity contribution in [1.29, 1.82) is 0 Å². The standard InChI is InChI=1S/C13H20N2O4/c1-18-8-9-19-7-3-6-15-13(17)10-4-2-5-11(14)12(10)16/h2,4-5,16H,3,6-9,14H2,1H3,(H,15,17). The number of rotatable bonds is 8. The van der Waals surface area contributed by atoms with E-state index in [-0.39, 0.29) is 22.9 Å². The Kier molecular flexibility index (Phi) is 6.70. The smallest absolute Gasteiger partial charge is 0.255 e. The summed E-state index contributed by atoms with van der Waals surface area (Å²) in [5.74, 6) is -0.530. The largest absolute Gasteiger partial charge is 0.505 e. The zero-order valence-electron chi connectivity index (χ0n) is 11.0. The van der Waals surface area contributed by atoms with Gasteiger partial charge in [0.25, 0.3) is 5.91 Å². The predicted octanol–water partition coefficient (Wildman–Crippen LogP) is 0.757. The third-order valence-electron chi connectivity index (χ3n) is 2.49. The number of aromatic hydroxyl groups is 1. The molecular weight excluding hydrogens is 248 g/mol. The molecule has 0 atom stereocenters. The SMILES string of the molecule is COCCOCCCNC(=O)c1cccc(N)c1O. The van der Waals surface area contributed by atoms with Gasteiger partial charge in [0, 0.05) is 20.3 Å². The van der Waals surface area contributed by atoms with Crippen molar-refractivity contribution in [2.24, 2.45) is 0 Å². The van der Waals surface area contributed by atoms with Gasteiger partial charge in [0.15, 0.2) is 5.75 Å². The summed E-state index contributed by atoms with van der Waals surface area (Å²) in [6.45, 7) is 2.12. The van der Waals surface area contributed by atoms with Gasteiger partial charge in [-0.25, -0.2) is 0 Å². The zero-order chi connectivity index (χ0) is 14.1. The molecule has 0 aliphatic carbocycles. The molecule has 1 rings (SSSR count). The quantitative estimate of drug-likeness (QED) is 0.367. The highest BCUT2D eigenvalue weighted by molar-refractivity contribution is 5.98. The van der Waals surface area contributed by atoms with Crippen molar-refractivity contribution in [2.75, 3.05) is 39.2 Å². The van der Waals surface area contributed by atoms with Crippen LogP contribution in [-0.2, 0) is 9.47 Å². The Hall–Kier alpha value is -1.79. The Labute approximate surface area is 112 Å². The Morgan fingerprint density at radius 3 is 2.89 bits per heavy atom. The Balaban J connectivity index is 2.26. The molecule has 1 aromatic carbocycles. The van der Waals surface area contributed by atoms with E-state index < -0.39 is 0 Å². The van der Waals surface area contributed by atoms with Crippen LogP contribution in [0.3, 0.4) is 0 Å². The van der Waals surface area contributed by atoms with Gasteiger partial charge in [0.2, 0.25) is 0 Å². The highest BCUT2D eigenvalue weighted by Gasteiger charge is 2.11. The van der Waals surface area contributed by atoms with Crippen LogP contribution in [0.5, 0.6) is 5.75 Å². The van der Waals surface area contributed by atoms with E-state index in [0.717, 1.165) is 0 Å². The molecule has 0 radical (unpaired) electrons. The normalized spacial score (nSPS) is 10.4. The molecule has 0 fully saturated rings. The molecule has 0 unspecified atom stereocenters. The van der Waals surface area contributed by atoms with E-state index in [0.29, 0.717) is 32.8 Å². The van der Waals surface area contributed by atoms with E-state index in [1.807, 2.05) is 0 Å². The number of nitrogen functional groups attached to an aromatic ring is 1. The molecule has 6 heteroatoms. The van der Waals surface area contributed by atoms with Gasteiger partial charge in [-0.05, 0) is 18.6 Å². The van der Waals surface area contributed by atoms with Gasteiger partial charge in [0.05, 0.1) is 24.5 Å². The Morgan fingerprint density at radius 1 is 1.37 bits per heavy atom. The number of hydrogen-bond acceptors (Lipinski definition) is 5. The van der Waals surface area contributed by atoms with Crippen LogP contribution in [0.4, 0.5) is 5.69 Å². The number of carbonyl (C=O) groups excluding carboxylic acids is 1. The maximum absolute atomic E-state index is 11.8. The first kappa shape index (κ1) is 15.3. The van der Waals surface area contributed by atoms with Crippen molar-refractivity contribution in [3.63, 3.8) is 0 Å². The molecule has 0 aliphatic heterocycles. The second kappa shape index (κ2) is 8.34. The molecule has 0 spiro atoms. The summed E-state index contributed by atoms with van der Waals surface area (Å²) in [5.41, 5.74) is 5.89. The number of ether oxygens (including phenoxy) is 2. The number of methoxy groups -OCH3 is 1. The molecule has 0 aliphatic rings. The van der Waals surface area contributed by atoms with Crippen molar-refractivity contribution in [2.45, 2.75) is 6.42 Å². The number of benzene rings is 1. The predicted molar refractivity (Wildman–Crippen MR) is 72.2 cm³/mol. The number of nitrogens with one attached hydrogen (secondary N) is 1. The minimum Gasteiger partial charge on any atom is -0.505 e. The molecule has 19 heavy (non-hydrogen) atoms. The van der Waals surface area contributed by atoms with E-state index in [1.165, 1.54) is 12.1 Å². The lowest BCUT2D eigenvalue weighted by Gasteiger charge is -2.08. The second-order valence-corrected chi connectivity index (χ2v) is 3.96. The van der Waals surface area contributed by atoms with Gasteiger partial charge in [0.1, 0.15) is 0 Å². The first-order valence-electron chi connectivity index (χ1n) is 6.09. The lowest BCUT2D eigenvalue weighted by atomic mass is 10.1. The molecule has 106 valence electrons. The molecule has 0 heterocycles. The molecule has 6 nitrogen and oxygen atoms in total.